The number of aliphatic imine (C=N–C) groups is 1. The number of amides is 1. The van der Waals surface area contributed by atoms with E-state index in [4.69, 9.17) is 0 Å². The van der Waals surface area contributed by atoms with Crippen molar-refractivity contribution in [3.05, 3.63) is 12.7 Å². The zero-order valence-corrected chi connectivity index (χ0v) is 14.9. The molecule has 0 aliphatic heterocycles. The first-order chi connectivity index (χ1) is 8.38. The van der Waals surface area contributed by atoms with Crippen molar-refractivity contribution in [3.63, 3.8) is 0 Å². The fourth-order valence-electron chi connectivity index (χ4n) is 0.992. The van der Waals surface area contributed by atoms with Crippen LogP contribution < -0.4 is 10.6 Å². The van der Waals surface area contributed by atoms with E-state index < -0.39 is 0 Å². The highest BCUT2D eigenvalue weighted by Crippen LogP contribution is 1.99. The molecule has 1 unspecified atom stereocenters. The topological polar surface area (TPSA) is 56.7 Å². The Morgan fingerprint density at radius 2 is 1.95 bits per heavy atom. The van der Waals surface area contributed by atoms with Crippen LogP contribution in [0.15, 0.2) is 17.6 Å². The minimum Gasteiger partial charge on any atom is -0.354 e. The molecule has 0 spiro atoms. The van der Waals surface area contributed by atoms with Crippen LogP contribution in [0.4, 0.5) is 0 Å². The standard InChI is InChI=1S/C13H26N4O.HI/c1-7-8-14-13(16-11(4)10(2)3)15-9-12(18)17(5)6;/h7,10-11H,1,8-9H2,2-6H3,(H2,14,15,16);1H. The van der Waals surface area contributed by atoms with Crippen LogP contribution in [0.1, 0.15) is 20.8 Å². The van der Waals surface area contributed by atoms with Gasteiger partial charge in [-0.1, -0.05) is 19.9 Å². The average molecular weight is 382 g/mol. The third-order valence-corrected chi connectivity index (χ3v) is 2.65. The summed E-state index contributed by atoms with van der Waals surface area (Å²) in [7, 11) is 3.44. The van der Waals surface area contributed by atoms with Crippen LogP contribution in [0.2, 0.25) is 0 Å². The molecular weight excluding hydrogens is 355 g/mol. The van der Waals surface area contributed by atoms with Crippen molar-refractivity contribution >= 4 is 35.8 Å². The number of carbonyl (C=O) groups excluding carboxylic acids is 1. The second-order valence-electron chi connectivity index (χ2n) is 4.80. The van der Waals surface area contributed by atoms with Gasteiger partial charge in [-0.15, -0.1) is 30.6 Å². The Kier molecular flexibility index (Phi) is 12.0. The summed E-state index contributed by atoms with van der Waals surface area (Å²) in [6, 6.07) is 0.288. The number of guanidine groups is 1. The predicted octanol–water partition coefficient (Wildman–Crippen LogP) is 1.46. The van der Waals surface area contributed by atoms with Crippen molar-refractivity contribution in [1.82, 2.24) is 15.5 Å². The van der Waals surface area contributed by atoms with Gasteiger partial charge in [-0.25, -0.2) is 4.99 Å². The SMILES string of the molecule is C=CCNC(=NCC(=O)N(C)C)NC(C)C(C)C.I. The van der Waals surface area contributed by atoms with Crippen molar-refractivity contribution in [2.45, 2.75) is 26.8 Å². The van der Waals surface area contributed by atoms with Crippen LogP contribution in [-0.2, 0) is 4.79 Å². The molecule has 1 atom stereocenters. The normalized spacial score (nSPS) is 12.4. The molecule has 0 bridgehead atoms. The van der Waals surface area contributed by atoms with Gasteiger partial charge in [0, 0.05) is 26.7 Å². The molecule has 0 heterocycles. The fraction of sp³-hybridized carbons (Fsp3) is 0.692. The molecule has 5 nitrogen and oxygen atoms in total. The third kappa shape index (κ3) is 9.75. The molecule has 19 heavy (non-hydrogen) atoms. The predicted molar refractivity (Wildman–Crippen MR) is 92.0 cm³/mol. The molecule has 0 rings (SSSR count). The number of hydrogen-bond acceptors (Lipinski definition) is 2. The zero-order valence-electron chi connectivity index (χ0n) is 12.6. The van der Waals surface area contributed by atoms with E-state index in [1.807, 2.05) is 0 Å². The Labute approximate surface area is 133 Å². The van der Waals surface area contributed by atoms with E-state index in [9.17, 15) is 4.79 Å². The second-order valence-corrected chi connectivity index (χ2v) is 4.80. The molecule has 0 aliphatic rings. The van der Waals surface area contributed by atoms with E-state index in [2.05, 4.69) is 43.0 Å². The first-order valence-corrected chi connectivity index (χ1v) is 6.24. The first kappa shape index (κ1) is 20.5. The lowest BCUT2D eigenvalue weighted by molar-refractivity contribution is -0.127. The van der Waals surface area contributed by atoms with E-state index in [0.717, 1.165) is 0 Å². The van der Waals surface area contributed by atoms with Gasteiger partial charge in [0.2, 0.25) is 5.91 Å². The summed E-state index contributed by atoms with van der Waals surface area (Å²) in [6.45, 7) is 10.8. The summed E-state index contributed by atoms with van der Waals surface area (Å²) in [5, 5.41) is 6.37. The summed E-state index contributed by atoms with van der Waals surface area (Å²) < 4.78 is 0. The molecule has 0 aromatic carbocycles. The van der Waals surface area contributed by atoms with Gasteiger partial charge in [-0.3, -0.25) is 4.79 Å². The summed E-state index contributed by atoms with van der Waals surface area (Å²) >= 11 is 0. The monoisotopic (exact) mass is 382 g/mol. The van der Waals surface area contributed by atoms with Gasteiger partial charge >= 0.3 is 0 Å². The van der Waals surface area contributed by atoms with Gasteiger partial charge < -0.3 is 15.5 Å². The molecule has 0 saturated carbocycles. The van der Waals surface area contributed by atoms with Gasteiger partial charge in [0.25, 0.3) is 0 Å². The Hall–Kier alpha value is -0.790. The first-order valence-electron chi connectivity index (χ1n) is 6.24. The minimum atomic E-state index is -0.0214. The molecule has 6 heteroatoms. The Morgan fingerprint density at radius 3 is 2.37 bits per heavy atom. The van der Waals surface area contributed by atoms with E-state index >= 15 is 0 Å². The fourth-order valence-corrected chi connectivity index (χ4v) is 0.992. The molecule has 2 N–H and O–H groups in total. The van der Waals surface area contributed by atoms with E-state index in [0.29, 0.717) is 18.4 Å². The zero-order chi connectivity index (χ0) is 14.1. The van der Waals surface area contributed by atoms with Gasteiger partial charge in [-0.05, 0) is 12.8 Å². The van der Waals surface area contributed by atoms with Crippen LogP contribution in [-0.4, -0.2) is 50.0 Å². The van der Waals surface area contributed by atoms with Crippen LogP contribution in [0.3, 0.4) is 0 Å². The highest BCUT2D eigenvalue weighted by Gasteiger charge is 2.09. The van der Waals surface area contributed by atoms with E-state index in [-0.39, 0.29) is 42.5 Å². The highest BCUT2D eigenvalue weighted by molar-refractivity contribution is 14.0. The molecular formula is C13H27IN4O. The average Bonchev–Trinajstić information content (AvgIpc) is 2.31. The lowest BCUT2D eigenvalue weighted by Crippen LogP contribution is -2.44. The molecule has 0 aliphatic carbocycles. The Balaban J connectivity index is 0. The minimum absolute atomic E-state index is 0. The van der Waals surface area contributed by atoms with E-state index in [1.165, 1.54) is 4.90 Å². The number of rotatable bonds is 6. The second kappa shape index (κ2) is 11.1. The number of nitrogens with zero attached hydrogens (tertiary/aromatic N) is 2. The van der Waals surface area contributed by atoms with Gasteiger partial charge in [0.15, 0.2) is 5.96 Å². The van der Waals surface area contributed by atoms with Crippen LogP contribution >= 0.6 is 24.0 Å². The maximum Gasteiger partial charge on any atom is 0.243 e. The van der Waals surface area contributed by atoms with Gasteiger partial charge in [0.05, 0.1) is 0 Å². The molecule has 0 saturated heterocycles. The summed E-state index contributed by atoms with van der Waals surface area (Å²) in [4.78, 5) is 17.3. The Morgan fingerprint density at radius 1 is 1.37 bits per heavy atom. The third-order valence-electron chi connectivity index (χ3n) is 2.65. The van der Waals surface area contributed by atoms with Crippen LogP contribution in [0.5, 0.6) is 0 Å². The smallest absolute Gasteiger partial charge is 0.243 e. The number of likely N-dealkylation sites (N-methyl/N-ethyl adjacent to an activating group) is 1. The maximum atomic E-state index is 11.5. The highest BCUT2D eigenvalue weighted by atomic mass is 127. The summed E-state index contributed by atoms with van der Waals surface area (Å²) in [5.41, 5.74) is 0. The molecule has 0 aromatic rings. The number of hydrogen-bond donors (Lipinski definition) is 2. The molecule has 0 radical (unpaired) electrons. The quantitative estimate of drug-likeness (QED) is 0.317. The summed E-state index contributed by atoms with van der Waals surface area (Å²) in [5.74, 6) is 1.11. The van der Waals surface area contributed by atoms with Crippen molar-refractivity contribution in [2.75, 3.05) is 27.2 Å². The van der Waals surface area contributed by atoms with Crippen LogP contribution in [0, 0.1) is 5.92 Å². The molecule has 0 aromatic heterocycles. The van der Waals surface area contributed by atoms with Crippen molar-refractivity contribution in [3.8, 4) is 0 Å². The summed E-state index contributed by atoms with van der Waals surface area (Å²) in [6.07, 6.45) is 1.75. The van der Waals surface area contributed by atoms with E-state index in [1.54, 1.807) is 20.2 Å². The molecule has 112 valence electrons. The lowest BCUT2D eigenvalue weighted by Gasteiger charge is -2.20. The van der Waals surface area contributed by atoms with Crippen molar-refractivity contribution in [1.29, 1.82) is 0 Å². The lowest BCUT2D eigenvalue weighted by atomic mass is 10.1. The number of carbonyl (C=O) groups is 1. The van der Waals surface area contributed by atoms with Crippen molar-refractivity contribution in [2.24, 2.45) is 10.9 Å². The van der Waals surface area contributed by atoms with Gasteiger partial charge in [-0.2, -0.15) is 0 Å². The van der Waals surface area contributed by atoms with Gasteiger partial charge in [0.1, 0.15) is 6.54 Å². The molecule has 0 fully saturated rings. The molecule has 1 amide bonds. The Bertz CT molecular complexity index is 303. The number of nitrogens with one attached hydrogen (secondary N) is 2. The van der Waals surface area contributed by atoms with Crippen LogP contribution in [0.25, 0.3) is 0 Å². The maximum absolute atomic E-state index is 11.5. The van der Waals surface area contributed by atoms with Crippen molar-refractivity contribution < 1.29 is 4.79 Å². The largest absolute Gasteiger partial charge is 0.354 e. The number of halogens is 1.